The SMILES string of the molecule is CC.CC.FC(F)F.O=C(CNc1cc(N2CCC2)ncn1)N1CCC1.OC(F)(F)F. The van der Waals surface area contributed by atoms with E-state index in [-0.39, 0.29) is 5.91 Å². The first-order valence-electron chi connectivity index (χ1n) is 9.86. The zero-order valence-corrected chi connectivity index (χ0v) is 18.1. The summed E-state index contributed by atoms with van der Waals surface area (Å²) in [6.07, 6.45) is -1.11. The van der Waals surface area contributed by atoms with Crippen molar-refractivity contribution >= 4 is 17.5 Å². The Bertz CT molecular complexity index is 576. The van der Waals surface area contributed by atoms with E-state index in [0.29, 0.717) is 6.54 Å². The molecule has 2 N–H and O–H groups in total. The highest BCUT2D eigenvalue weighted by molar-refractivity contribution is 5.81. The summed E-state index contributed by atoms with van der Waals surface area (Å²) in [5.41, 5.74) is 0. The van der Waals surface area contributed by atoms with Crippen LogP contribution in [0.2, 0.25) is 0 Å². The molecule has 2 fully saturated rings. The molecular weight excluding hydrogens is 432 g/mol. The largest absolute Gasteiger partial charge is 0.519 e. The molecule has 31 heavy (non-hydrogen) atoms. The van der Waals surface area contributed by atoms with Crippen LogP contribution in [-0.4, -0.2) is 71.6 Å². The van der Waals surface area contributed by atoms with E-state index in [1.165, 1.54) is 6.42 Å². The van der Waals surface area contributed by atoms with Crippen LogP contribution < -0.4 is 10.2 Å². The molecule has 1 aromatic rings. The van der Waals surface area contributed by atoms with Crippen LogP contribution in [0, 0.1) is 0 Å². The van der Waals surface area contributed by atoms with Gasteiger partial charge in [-0.25, -0.2) is 9.97 Å². The number of halogens is 6. The fourth-order valence-electron chi connectivity index (χ4n) is 2.01. The van der Waals surface area contributed by atoms with Crippen LogP contribution in [-0.2, 0) is 4.79 Å². The van der Waals surface area contributed by atoms with Crippen LogP contribution in [0.5, 0.6) is 0 Å². The van der Waals surface area contributed by atoms with Crippen LogP contribution in [0.3, 0.4) is 0 Å². The number of carbonyl (C=O) groups excluding carboxylic acids is 1. The van der Waals surface area contributed by atoms with Crippen molar-refractivity contribution in [3.05, 3.63) is 12.4 Å². The Labute approximate surface area is 178 Å². The molecule has 0 spiro atoms. The van der Waals surface area contributed by atoms with Gasteiger partial charge in [0.15, 0.2) is 0 Å². The molecule has 13 heteroatoms. The molecule has 0 aromatic carbocycles. The number of likely N-dealkylation sites (tertiary alicyclic amines) is 1. The Hall–Kier alpha value is -2.31. The molecule has 7 nitrogen and oxygen atoms in total. The van der Waals surface area contributed by atoms with Crippen LogP contribution >= 0.6 is 0 Å². The Morgan fingerprint density at radius 2 is 1.52 bits per heavy atom. The van der Waals surface area contributed by atoms with E-state index < -0.39 is 13.0 Å². The zero-order chi connectivity index (χ0) is 24.4. The van der Waals surface area contributed by atoms with E-state index in [4.69, 9.17) is 5.11 Å². The van der Waals surface area contributed by atoms with Gasteiger partial charge >= 0.3 is 13.0 Å². The summed E-state index contributed by atoms with van der Waals surface area (Å²) in [7, 11) is 0. The lowest BCUT2D eigenvalue weighted by molar-refractivity contribution is -0.295. The van der Waals surface area contributed by atoms with Crippen molar-refractivity contribution in [3.8, 4) is 0 Å². The van der Waals surface area contributed by atoms with E-state index in [2.05, 4.69) is 20.2 Å². The Kier molecular flexibility index (Phi) is 17.3. The molecular formula is C18H31F6N5O2. The van der Waals surface area contributed by atoms with Gasteiger partial charge in [-0.15, -0.1) is 13.2 Å². The average molecular weight is 463 g/mol. The number of nitrogens with one attached hydrogen (secondary N) is 1. The maximum atomic E-state index is 11.7. The summed E-state index contributed by atoms with van der Waals surface area (Å²) in [6.45, 7) is 8.55. The highest BCUT2D eigenvalue weighted by atomic mass is 19.4. The predicted molar refractivity (Wildman–Crippen MR) is 107 cm³/mol. The first-order chi connectivity index (χ1) is 14.6. The van der Waals surface area contributed by atoms with E-state index in [0.717, 1.165) is 44.2 Å². The fraction of sp³-hybridized carbons (Fsp3) is 0.722. The smallest absolute Gasteiger partial charge is 0.361 e. The number of aliphatic hydroxyl groups is 1. The van der Waals surface area contributed by atoms with Gasteiger partial charge in [0.25, 0.3) is 0 Å². The first kappa shape index (κ1) is 30.9. The third-order valence-corrected chi connectivity index (χ3v) is 3.46. The van der Waals surface area contributed by atoms with Gasteiger partial charge in [0.05, 0.1) is 6.54 Å². The second-order valence-corrected chi connectivity index (χ2v) is 5.41. The molecule has 0 bridgehead atoms. The monoisotopic (exact) mass is 463 g/mol. The molecule has 182 valence electrons. The quantitative estimate of drug-likeness (QED) is 0.656. The minimum atomic E-state index is -5.00. The molecule has 3 heterocycles. The molecule has 2 aliphatic rings. The topological polar surface area (TPSA) is 81.6 Å². The Balaban J connectivity index is 0. The molecule has 0 aliphatic carbocycles. The first-order valence-corrected chi connectivity index (χ1v) is 9.86. The van der Waals surface area contributed by atoms with Gasteiger partial charge in [0, 0.05) is 32.2 Å². The second-order valence-electron chi connectivity index (χ2n) is 5.41. The van der Waals surface area contributed by atoms with Gasteiger partial charge in [-0.05, 0) is 12.8 Å². The van der Waals surface area contributed by atoms with E-state index in [1.54, 1.807) is 6.33 Å². The number of nitrogens with zero attached hydrogens (tertiary/aromatic N) is 4. The molecule has 0 atom stereocenters. The van der Waals surface area contributed by atoms with E-state index >= 15 is 0 Å². The fourth-order valence-corrected chi connectivity index (χ4v) is 2.01. The van der Waals surface area contributed by atoms with Gasteiger partial charge in [-0.3, -0.25) is 4.79 Å². The van der Waals surface area contributed by atoms with E-state index in [1.807, 2.05) is 38.7 Å². The van der Waals surface area contributed by atoms with Crippen molar-refractivity contribution in [1.29, 1.82) is 0 Å². The lowest BCUT2D eigenvalue weighted by Crippen LogP contribution is -2.44. The van der Waals surface area contributed by atoms with Crippen LogP contribution in [0.25, 0.3) is 0 Å². The minimum Gasteiger partial charge on any atom is -0.361 e. The lowest BCUT2D eigenvalue weighted by Gasteiger charge is -2.32. The van der Waals surface area contributed by atoms with Crippen molar-refractivity contribution in [2.24, 2.45) is 0 Å². The summed E-state index contributed by atoms with van der Waals surface area (Å²) in [4.78, 5) is 24.1. The number of alkyl halides is 6. The summed E-state index contributed by atoms with van der Waals surface area (Å²) < 4.78 is 58.7. The summed E-state index contributed by atoms with van der Waals surface area (Å²) in [5.74, 6) is 1.81. The number of carbonyl (C=O) groups is 1. The Morgan fingerprint density at radius 3 is 1.87 bits per heavy atom. The summed E-state index contributed by atoms with van der Waals surface area (Å²) >= 11 is 0. The van der Waals surface area contributed by atoms with E-state index in [9.17, 15) is 31.1 Å². The van der Waals surface area contributed by atoms with Crippen LogP contribution in [0.15, 0.2) is 12.4 Å². The number of hydrogen-bond acceptors (Lipinski definition) is 6. The molecule has 2 aliphatic heterocycles. The standard InChI is InChI=1S/C12H17N5O.2C2H6.CHF3O.CHF3/c18-12(17-5-2-6-17)8-13-10-7-11(15-9-14-10)16-3-1-4-16;2*1-2;2-1(3,4)5;2-1(3)4/h7,9H,1-6,8H2,(H,13,14,15);2*1-2H3;5H;1H. The second kappa shape index (κ2) is 17.4. The number of anilines is 2. The molecule has 0 saturated carbocycles. The highest BCUT2D eigenvalue weighted by Gasteiger charge is 2.21. The van der Waals surface area contributed by atoms with Gasteiger partial charge in [-0.1, -0.05) is 27.7 Å². The molecule has 3 rings (SSSR count). The van der Waals surface area contributed by atoms with Crippen molar-refractivity contribution in [2.75, 3.05) is 42.9 Å². The van der Waals surface area contributed by atoms with Crippen molar-refractivity contribution in [1.82, 2.24) is 14.9 Å². The maximum Gasteiger partial charge on any atom is 0.519 e. The molecule has 0 radical (unpaired) electrons. The number of amides is 1. The molecule has 1 amide bonds. The number of rotatable bonds is 4. The van der Waals surface area contributed by atoms with Gasteiger partial charge in [-0.2, -0.15) is 13.2 Å². The van der Waals surface area contributed by atoms with Gasteiger partial charge in [0.1, 0.15) is 18.0 Å². The lowest BCUT2D eigenvalue weighted by atomic mass is 10.2. The summed E-state index contributed by atoms with van der Waals surface area (Å²) in [6, 6.07) is 1.91. The zero-order valence-electron chi connectivity index (χ0n) is 18.1. The highest BCUT2D eigenvalue weighted by Crippen LogP contribution is 2.19. The van der Waals surface area contributed by atoms with Gasteiger partial charge in [0.2, 0.25) is 5.91 Å². The summed E-state index contributed by atoms with van der Waals surface area (Å²) in [5, 5.41) is 9.59. The van der Waals surface area contributed by atoms with Crippen molar-refractivity contribution in [3.63, 3.8) is 0 Å². The minimum absolute atomic E-state index is 0.144. The third-order valence-electron chi connectivity index (χ3n) is 3.46. The average Bonchev–Trinajstić information content (AvgIpc) is 2.59. The van der Waals surface area contributed by atoms with Crippen molar-refractivity contribution in [2.45, 2.75) is 53.6 Å². The normalized spacial score (nSPS) is 13.9. The van der Waals surface area contributed by atoms with Crippen LogP contribution in [0.4, 0.5) is 38.0 Å². The predicted octanol–water partition coefficient (Wildman–Crippen LogP) is 4.06. The molecule has 1 aromatic heterocycles. The molecule has 0 unspecified atom stereocenters. The van der Waals surface area contributed by atoms with Crippen molar-refractivity contribution < 1.29 is 36.2 Å². The van der Waals surface area contributed by atoms with Crippen LogP contribution in [0.1, 0.15) is 40.5 Å². The third kappa shape index (κ3) is 17.1. The Morgan fingerprint density at radius 1 is 1.06 bits per heavy atom. The van der Waals surface area contributed by atoms with Gasteiger partial charge < -0.3 is 20.2 Å². The number of hydrogen-bond donors (Lipinski definition) is 2. The molecule has 2 saturated heterocycles. The number of aromatic nitrogens is 2. The maximum absolute atomic E-state index is 11.7.